The lowest BCUT2D eigenvalue weighted by atomic mass is 9.92. The van der Waals surface area contributed by atoms with Crippen LogP contribution in [0.5, 0.6) is 0 Å². The van der Waals surface area contributed by atoms with Gasteiger partial charge in [-0.25, -0.2) is 0 Å². The predicted molar refractivity (Wildman–Crippen MR) is 210 cm³/mol. The van der Waals surface area contributed by atoms with E-state index in [1.54, 1.807) is 0 Å². The summed E-state index contributed by atoms with van der Waals surface area (Å²) in [6.45, 7) is 4.27. The number of pyridine rings is 2. The molecule has 0 unspecified atom stereocenters. The molecule has 0 saturated heterocycles. The zero-order valence-electron chi connectivity index (χ0n) is 28.2. The smallest absolute Gasteiger partial charge is 0.0918 e. The van der Waals surface area contributed by atoms with Gasteiger partial charge >= 0.3 is 0 Å². The van der Waals surface area contributed by atoms with Crippen LogP contribution in [-0.4, -0.2) is 9.97 Å². The van der Waals surface area contributed by atoms with Crippen molar-refractivity contribution in [3.05, 3.63) is 193 Å². The second-order valence-corrected chi connectivity index (χ2v) is 12.8. The SMILES string of the molecule is Cc1cc(-c2cc(-c3ccccc3)cc(-c3ccccc3)c2)cnc1-c1ncc(-c2cc(-c3ccccc3)cc(-c3ccccc3)c2)cc1C. The van der Waals surface area contributed by atoms with E-state index in [-0.39, 0.29) is 0 Å². The number of hydrogen-bond acceptors (Lipinski definition) is 2. The van der Waals surface area contributed by atoms with Crippen molar-refractivity contribution in [2.24, 2.45) is 0 Å². The van der Waals surface area contributed by atoms with Crippen molar-refractivity contribution < 1.29 is 0 Å². The minimum Gasteiger partial charge on any atom is -0.254 e. The van der Waals surface area contributed by atoms with Crippen molar-refractivity contribution in [1.29, 1.82) is 0 Å². The lowest BCUT2D eigenvalue weighted by Crippen LogP contribution is -1.96. The first kappa shape index (κ1) is 30.9. The van der Waals surface area contributed by atoms with Gasteiger partial charge in [0.25, 0.3) is 0 Å². The fourth-order valence-electron chi connectivity index (χ4n) is 6.74. The van der Waals surface area contributed by atoms with E-state index in [2.05, 4.69) is 184 Å². The molecule has 8 aromatic rings. The Kier molecular flexibility index (Phi) is 8.42. The Bertz CT molecular complexity index is 2130. The molecule has 6 aromatic carbocycles. The number of benzene rings is 6. The highest BCUT2D eigenvalue weighted by Gasteiger charge is 2.15. The molecular weight excluding hydrogens is 605 g/mol. The van der Waals surface area contributed by atoms with E-state index >= 15 is 0 Å². The summed E-state index contributed by atoms with van der Waals surface area (Å²) in [4.78, 5) is 10.1. The highest BCUT2D eigenvalue weighted by atomic mass is 14.8. The Balaban J connectivity index is 1.16. The Labute approximate surface area is 294 Å². The average Bonchev–Trinajstić information content (AvgIpc) is 3.19. The minimum absolute atomic E-state index is 0.906. The van der Waals surface area contributed by atoms with E-state index in [9.17, 15) is 0 Å². The van der Waals surface area contributed by atoms with E-state index in [0.717, 1.165) is 44.8 Å². The third-order valence-electron chi connectivity index (χ3n) is 9.34. The largest absolute Gasteiger partial charge is 0.254 e. The lowest BCUT2D eigenvalue weighted by molar-refractivity contribution is 1.19. The molecule has 0 radical (unpaired) electrons. The first-order chi connectivity index (χ1) is 24.6. The molecule has 2 heterocycles. The molecule has 0 saturated carbocycles. The van der Waals surface area contributed by atoms with Crippen molar-refractivity contribution in [2.75, 3.05) is 0 Å². The van der Waals surface area contributed by atoms with Gasteiger partial charge in [-0.1, -0.05) is 121 Å². The quantitative estimate of drug-likeness (QED) is 0.173. The summed E-state index contributed by atoms with van der Waals surface area (Å²) in [5, 5.41) is 0. The number of aryl methyl sites for hydroxylation is 2. The van der Waals surface area contributed by atoms with E-state index in [1.807, 2.05) is 12.4 Å². The first-order valence-corrected chi connectivity index (χ1v) is 17.1. The minimum atomic E-state index is 0.906. The Hall–Kier alpha value is -6.38. The molecule has 0 atom stereocenters. The predicted octanol–water partition coefficient (Wildman–Crippen LogP) is 12.8. The molecule has 0 amide bonds. The van der Waals surface area contributed by atoms with Gasteiger partial charge in [0.2, 0.25) is 0 Å². The molecule has 2 heteroatoms. The number of hydrogen-bond donors (Lipinski definition) is 0. The summed E-state index contributed by atoms with van der Waals surface area (Å²) in [5.41, 5.74) is 17.9. The van der Waals surface area contributed by atoms with Crippen molar-refractivity contribution in [3.63, 3.8) is 0 Å². The summed E-state index contributed by atoms with van der Waals surface area (Å²) in [7, 11) is 0. The molecule has 0 aliphatic rings. The lowest BCUT2D eigenvalue weighted by Gasteiger charge is -2.14. The fraction of sp³-hybridized carbons (Fsp3) is 0.0417. The second kappa shape index (κ2) is 13.6. The summed E-state index contributed by atoms with van der Waals surface area (Å²) in [5.74, 6) is 0. The summed E-state index contributed by atoms with van der Waals surface area (Å²) in [6, 6.07) is 60.4. The average molecular weight is 641 g/mol. The molecule has 0 bridgehead atoms. The summed E-state index contributed by atoms with van der Waals surface area (Å²) in [6.07, 6.45) is 3.98. The van der Waals surface area contributed by atoms with Crippen LogP contribution in [0.25, 0.3) is 78.1 Å². The molecule has 8 rings (SSSR count). The topological polar surface area (TPSA) is 25.8 Å². The van der Waals surface area contributed by atoms with Crippen molar-refractivity contribution in [2.45, 2.75) is 13.8 Å². The van der Waals surface area contributed by atoms with Crippen molar-refractivity contribution >= 4 is 0 Å². The zero-order valence-corrected chi connectivity index (χ0v) is 28.2. The van der Waals surface area contributed by atoms with Gasteiger partial charge < -0.3 is 0 Å². The Morgan fingerprint density at radius 3 is 0.740 bits per heavy atom. The molecule has 2 aromatic heterocycles. The molecule has 50 heavy (non-hydrogen) atoms. The summed E-state index contributed by atoms with van der Waals surface area (Å²) >= 11 is 0. The molecule has 238 valence electrons. The fourth-order valence-corrected chi connectivity index (χ4v) is 6.74. The number of nitrogens with zero attached hydrogens (tertiary/aromatic N) is 2. The van der Waals surface area contributed by atoms with Gasteiger partial charge in [0.1, 0.15) is 0 Å². The van der Waals surface area contributed by atoms with Gasteiger partial charge in [0, 0.05) is 23.5 Å². The standard InChI is InChI=1S/C48H36N2/c1-33-23-45(43-27-39(35-15-7-3-8-16-35)25-40(28-43)36-17-9-4-10-18-36)31-49-47(33)48-34(2)24-46(32-50-48)44-29-41(37-19-11-5-12-20-37)26-42(30-44)38-21-13-6-14-22-38/h3-32H,1-2H3. The molecule has 0 fully saturated rings. The molecule has 2 nitrogen and oxygen atoms in total. The van der Waals surface area contributed by atoms with Gasteiger partial charge in [-0.3, -0.25) is 9.97 Å². The first-order valence-electron chi connectivity index (χ1n) is 17.1. The Morgan fingerprint density at radius 1 is 0.260 bits per heavy atom. The van der Waals surface area contributed by atoms with Crippen LogP contribution in [0.4, 0.5) is 0 Å². The van der Waals surface area contributed by atoms with Gasteiger partial charge in [0.05, 0.1) is 11.4 Å². The normalized spacial score (nSPS) is 11.0. The highest BCUT2D eigenvalue weighted by Crippen LogP contribution is 2.36. The second-order valence-electron chi connectivity index (χ2n) is 12.8. The van der Waals surface area contributed by atoms with Crippen molar-refractivity contribution in [3.8, 4) is 78.1 Å². The maximum Gasteiger partial charge on any atom is 0.0918 e. The van der Waals surface area contributed by atoms with Crippen LogP contribution >= 0.6 is 0 Å². The van der Waals surface area contributed by atoms with Crippen LogP contribution in [0, 0.1) is 13.8 Å². The number of rotatable bonds is 7. The van der Waals surface area contributed by atoms with Crippen LogP contribution in [0.2, 0.25) is 0 Å². The van der Waals surface area contributed by atoms with Gasteiger partial charge in [-0.05, 0) is 129 Å². The van der Waals surface area contributed by atoms with Crippen LogP contribution in [0.3, 0.4) is 0 Å². The monoisotopic (exact) mass is 640 g/mol. The van der Waals surface area contributed by atoms with E-state index in [1.165, 1.54) is 44.5 Å². The maximum absolute atomic E-state index is 5.04. The van der Waals surface area contributed by atoms with E-state index in [4.69, 9.17) is 9.97 Å². The molecular formula is C48H36N2. The zero-order chi connectivity index (χ0) is 33.9. The molecule has 0 spiro atoms. The molecule has 0 aliphatic heterocycles. The van der Waals surface area contributed by atoms with Crippen molar-refractivity contribution in [1.82, 2.24) is 9.97 Å². The molecule has 0 N–H and O–H groups in total. The van der Waals surface area contributed by atoms with Crippen LogP contribution in [-0.2, 0) is 0 Å². The summed E-state index contributed by atoms with van der Waals surface area (Å²) < 4.78 is 0. The Morgan fingerprint density at radius 2 is 0.500 bits per heavy atom. The van der Waals surface area contributed by atoms with Crippen LogP contribution in [0.15, 0.2) is 182 Å². The third kappa shape index (κ3) is 6.40. The highest BCUT2D eigenvalue weighted by molar-refractivity contribution is 5.83. The van der Waals surface area contributed by atoms with Crippen LogP contribution < -0.4 is 0 Å². The van der Waals surface area contributed by atoms with Gasteiger partial charge in [-0.15, -0.1) is 0 Å². The molecule has 0 aliphatic carbocycles. The van der Waals surface area contributed by atoms with Gasteiger partial charge in [0.15, 0.2) is 0 Å². The van der Waals surface area contributed by atoms with E-state index < -0.39 is 0 Å². The maximum atomic E-state index is 5.04. The number of aromatic nitrogens is 2. The third-order valence-corrected chi connectivity index (χ3v) is 9.34. The van der Waals surface area contributed by atoms with E-state index in [0.29, 0.717) is 0 Å². The van der Waals surface area contributed by atoms with Crippen LogP contribution in [0.1, 0.15) is 11.1 Å². The van der Waals surface area contributed by atoms with Gasteiger partial charge in [-0.2, -0.15) is 0 Å².